The molecule has 6 heterocycles. The quantitative estimate of drug-likeness (QED) is 0.278. The Morgan fingerprint density at radius 2 is 1.76 bits per heavy atom. The highest BCUT2D eigenvalue weighted by molar-refractivity contribution is 7.15. The molecule has 0 saturated carbocycles. The smallest absolute Gasteiger partial charge is 0.255 e. The van der Waals surface area contributed by atoms with Gasteiger partial charge in [0.15, 0.2) is 5.82 Å². The summed E-state index contributed by atoms with van der Waals surface area (Å²) in [4.78, 5) is 61.2. The van der Waals surface area contributed by atoms with E-state index in [1.165, 1.54) is 4.88 Å². The van der Waals surface area contributed by atoms with Crippen molar-refractivity contribution in [2.24, 2.45) is 4.99 Å². The van der Waals surface area contributed by atoms with Crippen LogP contribution in [0.1, 0.15) is 98.8 Å². The van der Waals surface area contributed by atoms with Gasteiger partial charge in [-0.15, -0.1) is 21.5 Å². The first-order chi connectivity index (χ1) is 24.1. The van der Waals surface area contributed by atoms with Crippen LogP contribution >= 0.6 is 22.9 Å². The van der Waals surface area contributed by atoms with E-state index in [0.717, 1.165) is 57.2 Å². The number of carbonyl (C=O) groups excluding carboxylic acids is 4. The molecule has 2 saturated heterocycles. The fourth-order valence-corrected chi connectivity index (χ4v) is 9.08. The Morgan fingerprint density at radius 3 is 2.50 bits per heavy atom. The molecule has 13 heteroatoms. The third-order valence-electron chi connectivity index (χ3n) is 10.6. The van der Waals surface area contributed by atoms with Crippen molar-refractivity contribution in [3.05, 3.63) is 97.4 Å². The molecule has 1 N–H and O–H groups in total. The van der Waals surface area contributed by atoms with Crippen molar-refractivity contribution in [3.63, 3.8) is 0 Å². The van der Waals surface area contributed by atoms with Crippen LogP contribution in [0.5, 0.6) is 0 Å². The largest absolute Gasteiger partial charge is 0.343 e. The van der Waals surface area contributed by atoms with E-state index in [9.17, 15) is 19.2 Å². The monoisotopic (exact) mass is 709 g/mol. The van der Waals surface area contributed by atoms with E-state index in [1.807, 2.05) is 48.2 Å². The van der Waals surface area contributed by atoms with Crippen molar-refractivity contribution in [2.75, 3.05) is 13.1 Å². The van der Waals surface area contributed by atoms with E-state index in [2.05, 4.69) is 40.0 Å². The maximum absolute atomic E-state index is 14.0. The fourth-order valence-electron chi connectivity index (χ4n) is 7.74. The molecule has 4 aliphatic heterocycles. The van der Waals surface area contributed by atoms with Gasteiger partial charge in [0, 0.05) is 52.6 Å². The number of piperidine rings is 2. The van der Waals surface area contributed by atoms with Crippen LogP contribution in [0.25, 0.3) is 5.00 Å². The van der Waals surface area contributed by atoms with Gasteiger partial charge in [-0.2, -0.15) is 0 Å². The zero-order valence-corrected chi connectivity index (χ0v) is 29.6. The van der Waals surface area contributed by atoms with Gasteiger partial charge in [-0.3, -0.25) is 34.1 Å². The molecule has 0 radical (unpaired) electrons. The van der Waals surface area contributed by atoms with Gasteiger partial charge in [-0.05, 0) is 80.8 Å². The molecule has 11 nitrogen and oxygen atoms in total. The number of aromatic nitrogens is 3. The number of imide groups is 1. The minimum Gasteiger partial charge on any atom is -0.343 e. The van der Waals surface area contributed by atoms with Crippen LogP contribution in [-0.2, 0) is 20.9 Å². The van der Waals surface area contributed by atoms with E-state index >= 15 is 0 Å². The number of amides is 4. The lowest BCUT2D eigenvalue weighted by atomic mass is 9.87. The normalized spacial score (nSPS) is 20.6. The van der Waals surface area contributed by atoms with Crippen LogP contribution in [0.4, 0.5) is 0 Å². The molecule has 0 aliphatic carbocycles. The number of fused-ring (bicyclic) bond motifs is 4. The van der Waals surface area contributed by atoms with Crippen molar-refractivity contribution in [1.82, 2.24) is 29.9 Å². The number of aliphatic imine (C=N–C) groups is 1. The van der Waals surface area contributed by atoms with E-state index < -0.39 is 18.0 Å². The van der Waals surface area contributed by atoms with Gasteiger partial charge >= 0.3 is 0 Å². The summed E-state index contributed by atoms with van der Waals surface area (Å²) in [7, 11) is 0. The predicted molar refractivity (Wildman–Crippen MR) is 189 cm³/mol. The Labute approximate surface area is 298 Å². The summed E-state index contributed by atoms with van der Waals surface area (Å²) in [6.07, 6.45) is 2.33. The molecule has 256 valence electrons. The molecule has 2 aromatic carbocycles. The summed E-state index contributed by atoms with van der Waals surface area (Å²) >= 11 is 7.94. The van der Waals surface area contributed by atoms with Crippen molar-refractivity contribution >= 4 is 52.3 Å². The highest BCUT2D eigenvalue weighted by Crippen LogP contribution is 2.40. The number of benzene rings is 2. The van der Waals surface area contributed by atoms with Crippen LogP contribution < -0.4 is 5.32 Å². The molecular formula is C37H36ClN7O4S. The Kier molecular flexibility index (Phi) is 8.18. The maximum atomic E-state index is 14.0. The predicted octanol–water partition coefficient (Wildman–Crippen LogP) is 5.36. The second kappa shape index (κ2) is 12.6. The van der Waals surface area contributed by atoms with Gasteiger partial charge in [0.2, 0.25) is 17.7 Å². The van der Waals surface area contributed by atoms with E-state index in [-0.39, 0.29) is 36.5 Å². The molecule has 8 rings (SSSR count). The first-order valence-electron chi connectivity index (χ1n) is 17.0. The second-order valence-corrected chi connectivity index (χ2v) is 15.2. The number of hydrogen-bond acceptors (Lipinski definition) is 8. The van der Waals surface area contributed by atoms with Crippen LogP contribution in [-0.4, -0.2) is 73.0 Å². The van der Waals surface area contributed by atoms with E-state index in [0.29, 0.717) is 42.5 Å². The lowest BCUT2D eigenvalue weighted by Gasteiger charge is -2.33. The summed E-state index contributed by atoms with van der Waals surface area (Å²) in [5, 5.41) is 13.0. The molecule has 50 heavy (non-hydrogen) atoms. The number of thiophene rings is 1. The summed E-state index contributed by atoms with van der Waals surface area (Å²) in [5.74, 6) is 0.801. The molecule has 4 aliphatic rings. The average molecular weight is 710 g/mol. The number of carbonyl (C=O) groups is 4. The molecule has 4 aromatic rings. The zero-order valence-electron chi connectivity index (χ0n) is 28.0. The van der Waals surface area contributed by atoms with Gasteiger partial charge in [0.25, 0.3) is 5.91 Å². The van der Waals surface area contributed by atoms with Gasteiger partial charge in [0.05, 0.1) is 12.1 Å². The van der Waals surface area contributed by atoms with Crippen LogP contribution in [0.15, 0.2) is 47.5 Å². The first-order valence-corrected chi connectivity index (χ1v) is 18.2. The number of likely N-dealkylation sites (tertiary alicyclic amines) is 1. The minimum absolute atomic E-state index is 0.0254. The van der Waals surface area contributed by atoms with E-state index in [4.69, 9.17) is 16.6 Å². The SMILES string of the molecule is Cc1sc2c(c1C)C(c1ccc(Cl)cc1)=NC(CC(=O)N1CCC(c3ccc4c(c3)CN(C3CCC(=O)NC3=O)C4=O)CC1)c1nnc(C)n1-2. The average Bonchev–Trinajstić information content (AvgIpc) is 3.71. The Hall–Kier alpha value is -4.68. The summed E-state index contributed by atoms with van der Waals surface area (Å²) in [5.41, 5.74) is 6.58. The molecule has 2 aromatic heterocycles. The highest BCUT2D eigenvalue weighted by Gasteiger charge is 2.40. The maximum Gasteiger partial charge on any atom is 0.255 e. The Balaban J connectivity index is 0.993. The summed E-state index contributed by atoms with van der Waals surface area (Å²) in [6.45, 7) is 7.72. The number of halogens is 1. The van der Waals surface area contributed by atoms with Crippen LogP contribution in [0.3, 0.4) is 0 Å². The molecular weight excluding hydrogens is 674 g/mol. The van der Waals surface area contributed by atoms with Crippen molar-refractivity contribution in [2.45, 2.75) is 77.4 Å². The lowest BCUT2D eigenvalue weighted by molar-refractivity contribution is -0.137. The van der Waals surface area contributed by atoms with Gasteiger partial charge in [-0.1, -0.05) is 35.9 Å². The van der Waals surface area contributed by atoms with Gasteiger partial charge in [0.1, 0.15) is 22.9 Å². The molecule has 2 atom stereocenters. The number of aryl methyl sites for hydroxylation is 2. The molecule has 2 fully saturated rings. The van der Waals surface area contributed by atoms with Crippen molar-refractivity contribution in [3.8, 4) is 5.00 Å². The fraction of sp³-hybridized carbons (Fsp3) is 0.378. The third-order valence-corrected chi connectivity index (χ3v) is 12.0. The Morgan fingerprint density at radius 1 is 1.00 bits per heavy atom. The van der Waals surface area contributed by atoms with Crippen molar-refractivity contribution in [1.29, 1.82) is 0 Å². The Bertz CT molecular complexity index is 2110. The van der Waals surface area contributed by atoms with Crippen molar-refractivity contribution < 1.29 is 19.2 Å². The minimum atomic E-state index is -0.636. The molecule has 0 bridgehead atoms. The lowest BCUT2D eigenvalue weighted by Crippen LogP contribution is -2.52. The van der Waals surface area contributed by atoms with Crippen LogP contribution in [0.2, 0.25) is 5.02 Å². The third kappa shape index (κ3) is 5.54. The van der Waals surface area contributed by atoms with Gasteiger partial charge in [-0.25, -0.2) is 0 Å². The highest BCUT2D eigenvalue weighted by atomic mass is 35.5. The number of nitrogens with one attached hydrogen (secondary N) is 1. The first kappa shape index (κ1) is 32.5. The number of nitrogens with zero attached hydrogens (tertiary/aromatic N) is 6. The van der Waals surface area contributed by atoms with Gasteiger partial charge < -0.3 is 9.80 Å². The van der Waals surface area contributed by atoms with E-state index in [1.54, 1.807) is 16.2 Å². The number of rotatable bonds is 5. The second-order valence-electron chi connectivity index (χ2n) is 13.6. The number of hydrogen-bond donors (Lipinski definition) is 1. The molecule has 0 spiro atoms. The molecule has 4 amide bonds. The topological polar surface area (TPSA) is 130 Å². The summed E-state index contributed by atoms with van der Waals surface area (Å²) < 4.78 is 2.07. The standard InChI is InChI=1S/C37H36ClN7O4S/c1-19-20(2)50-37-32(19)33(23-4-7-26(38)8-5-23)39-28(34-42-41-21(3)45(34)37)17-31(47)43-14-12-22(13-15-43)24-6-9-27-25(16-24)18-44(36(27)49)29-10-11-30(46)40-35(29)48/h4-9,16,22,28-29H,10-15,17-18H2,1-3H3,(H,40,46,48). The summed E-state index contributed by atoms with van der Waals surface area (Å²) in [6, 6.07) is 12.5. The zero-order chi connectivity index (χ0) is 34.8. The molecule has 2 unspecified atom stereocenters. The van der Waals surface area contributed by atoms with Crippen LogP contribution in [0, 0.1) is 20.8 Å².